The van der Waals surface area contributed by atoms with Crippen molar-refractivity contribution in [3.63, 3.8) is 0 Å². The molecule has 2 aromatic rings. The van der Waals surface area contributed by atoms with Gasteiger partial charge in [-0.1, -0.05) is 18.2 Å². The van der Waals surface area contributed by atoms with Crippen LogP contribution in [0, 0.1) is 5.82 Å². The van der Waals surface area contributed by atoms with Crippen molar-refractivity contribution in [1.29, 1.82) is 0 Å². The van der Waals surface area contributed by atoms with E-state index in [0.29, 0.717) is 24.5 Å². The summed E-state index contributed by atoms with van der Waals surface area (Å²) in [5.41, 5.74) is 1.30. The highest BCUT2D eigenvalue weighted by atomic mass is 19.1. The smallest absolute Gasteiger partial charge is 0.253 e. The lowest BCUT2D eigenvalue weighted by atomic mass is 10.2. The van der Waals surface area contributed by atoms with Gasteiger partial charge in [-0.15, -0.1) is 6.58 Å². The fourth-order valence-electron chi connectivity index (χ4n) is 1.74. The van der Waals surface area contributed by atoms with Crippen molar-refractivity contribution in [3.05, 3.63) is 72.2 Å². The van der Waals surface area contributed by atoms with Gasteiger partial charge in [0.25, 0.3) is 5.91 Å². The summed E-state index contributed by atoms with van der Waals surface area (Å²) in [6.07, 6.45) is 3.10. The summed E-state index contributed by atoms with van der Waals surface area (Å²) in [6.45, 7) is 4.41. The van der Waals surface area contributed by atoms with Gasteiger partial charge in [0.1, 0.15) is 11.6 Å². The Bertz CT molecular complexity index is 626. The molecule has 108 valence electrons. The number of aromatic nitrogens is 1. The molecule has 0 atom stereocenters. The van der Waals surface area contributed by atoms with Crippen LogP contribution in [0.2, 0.25) is 0 Å². The maximum atomic E-state index is 13.0. The molecular formula is C16H16FN3O. The molecule has 2 rings (SSSR count). The monoisotopic (exact) mass is 285 g/mol. The van der Waals surface area contributed by atoms with Crippen LogP contribution in [-0.4, -0.2) is 17.4 Å². The van der Waals surface area contributed by atoms with E-state index in [1.165, 1.54) is 18.3 Å². The molecule has 1 aromatic carbocycles. The average molecular weight is 285 g/mol. The van der Waals surface area contributed by atoms with Gasteiger partial charge in [0.2, 0.25) is 0 Å². The zero-order valence-corrected chi connectivity index (χ0v) is 11.5. The van der Waals surface area contributed by atoms with E-state index in [9.17, 15) is 9.18 Å². The number of rotatable bonds is 6. The standard InChI is InChI=1S/C16H16FN3O/c1-2-8-18-16(21)13-6-7-15(20-11-13)19-10-12-4-3-5-14(17)9-12/h2-7,9,11H,1,8,10H2,(H,18,21)(H,19,20). The minimum Gasteiger partial charge on any atom is -0.366 e. The molecule has 1 amide bonds. The number of nitrogens with zero attached hydrogens (tertiary/aromatic N) is 1. The van der Waals surface area contributed by atoms with E-state index >= 15 is 0 Å². The molecule has 0 saturated carbocycles. The number of halogens is 1. The predicted octanol–water partition coefficient (Wildman–Crippen LogP) is 2.75. The zero-order chi connectivity index (χ0) is 15.1. The summed E-state index contributed by atoms with van der Waals surface area (Å²) in [7, 11) is 0. The van der Waals surface area contributed by atoms with Crippen molar-refractivity contribution in [2.45, 2.75) is 6.54 Å². The fourth-order valence-corrected chi connectivity index (χ4v) is 1.74. The minimum absolute atomic E-state index is 0.195. The van der Waals surface area contributed by atoms with Gasteiger partial charge in [0.05, 0.1) is 5.56 Å². The molecule has 0 radical (unpaired) electrons. The molecule has 0 unspecified atom stereocenters. The second kappa shape index (κ2) is 7.19. The lowest BCUT2D eigenvalue weighted by Crippen LogP contribution is -2.23. The van der Waals surface area contributed by atoms with Crippen LogP contribution in [0.4, 0.5) is 10.2 Å². The normalized spacial score (nSPS) is 9.95. The third kappa shape index (κ3) is 4.42. The van der Waals surface area contributed by atoms with Gasteiger partial charge in [-0.05, 0) is 29.8 Å². The summed E-state index contributed by atoms with van der Waals surface area (Å²) < 4.78 is 13.0. The minimum atomic E-state index is -0.267. The fraction of sp³-hybridized carbons (Fsp3) is 0.125. The Morgan fingerprint density at radius 3 is 2.86 bits per heavy atom. The van der Waals surface area contributed by atoms with Crippen LogP contribution in [0.25, 0.3) is 0 Å². The van der Waals surface area contributed by atoms with Crippen LogP contribution in [0.1, 0.15) is 15.9 Å². The van der Waals surface area contributed by atoms with Gasteiger partial charge in [0, 0.05) is 19.3 Å². The summed E-state index contributed by atoms with van der Waals surface area (Å²) >= 11 is 0. The summed E-state index contributed by atoms with van der Waals surface area (Å²) in [4.78, 5) is 15.8. The number of nitrogens with one attached hydrogen (secondary N) is 2. The van der Waals surface area contributed by atoms with Gasteiger partial charge in [-0.25, -0.2) is 9.37 Å². The van der Waals surface area contributed by atoms with E-state index < -0.39 is 0 Å². The molecule has 21 heavy (non-hydrogen) atoms. The van der Waals surface area contributed by atoms with E-state index in [2.05, 4.69) is 22.2 Å². The number of anilines is 1. The zero-order valence-electron chi connectivity index (χ0n) is 11.5. The van der Waals surface area contributed by atoms with Crippen molar-refractivity contribution < 1.29 is 9.18 Å². The van der Waals surface area contributed by atoms with Crippen molar-refractivity contribution in [2.24, 2.45) is 0 Å². The molecule has 0 aliphatic heterocycles. The SMILES string of the molecule is C=CCNC(=O)c1ccc(NCc2cccc(F)c2)nc1. The largest absolute Gasteiger partial charge is 0.366 e. The van der Waals surface area contributed by atoms with Crippen LogP contribution in [0.5, 0.6) is 0 Å². The third-order valence-electron chi connectivity index (χ3n) is 2.80. The highest BCUT2D eigenvalue weighted by Crippen LogP contribution is 2.09. The lowest BCUT2D eigenvalue weighted by molar-refractivity contribution is 0.0957. The van der Waals surface area contributed by atoms with Crippen LogP contribution in [0.15, 0.2) is 55.3 Å². The van der Waals surface area contributed by atoms with Crippen molar-refractivity contribution in [3.8, 4) is 0 Å². The second-order valence-electron chi connectivity index (χ2n) is 4.41. The van der Waals surface area contributed by atoms with Gasteiger partial charge < -0.3 is 10.6 Å². The first kappa shape index (κ1) is 14.7. The van der Waals surface area contributed by atoms with Crippen LogP contribution in [0.3, 0.4) is 0 Å². The molecule has 0 spiro atoms. The number of hydrogen-bond donors (Lipinski definition) is 2. The van der Waals surface area contributed by atoms with E-state index in [-0.39, 0.29) is 11.7 Å². The van der Waals surface area contributed by atoms with Gasteiger partial charge in [-0.2, -0.15) is 0 Å². The van der Waals surface area contributed by atoms with E-state index in [1.54, 1.807) is 24.3 Å². The Kier molecular flexibility index (Phi) is 5.04. The van der Waals surface area contributed by atoms with Crippen LogP contribution >= 0.6 is 0 Å². The number of hydrogen-bond acceptors (Lipinski definition) is 3. The Morgan fingerprint density at radius 1 is 1.33 bits per heavy atom. The molecule has 2 N–H and O–H groups in total. The van der Waals surface area contributed by atoms with Crippen molar-refractivity contribution in [2.75, 3.05) is 11.9 Å². The van der Waals surface area contributed by atoms with E-state index in [0.717, 1.165) is 5.56 Å². The number of benzene rings is 1. The summed E-state index contributed by atoms with van der Waals surface area (Å²) in [5.74, 6) is 0.162. The molecule has 0 bridgehead atoms. The molecule has 1 heterocycles. The van der Waals surface area contributed by atoms with Crippen molar-refractivity contribution in [1.82, 2.24) is 10.3 Å². The molecule has 4 nitrogen and oxygen atoms in total. The topological polar surface area (TPSA) is 54.0 Å². The first-order chi connectivity index (χ1) is 10.2. The molecular weight excluding hydrogens is 269 g/mol. The Hall–Kier alpha value is -2.69. The Labute approximate surface area is 122 Å². The van der Waals surface area contributed by atoms with Crippen molar-refractivity contribution >= 4 is 11.7 Å². The maximum Gasteiger partial charge on any atom is 0.253 e. The first-order valence-electron chi connectivity index (χ1n) is 6.52. The Morgan fingerprint density at radius 2 is 2.19 bits per heavy atom. The van der Waals surface area contributed by atoms with Gasteiger partial charge in [-0.3, -0.25) is 4.79 Å². The molecule has 0 aliphatic rings. The molecule has 0 saturated heterocycles. The molecule has 0 fully saturated rings. The van der Waals surface area contributed by atoms with Crippen LogP contribution in [-0.2, 0) is 6.54 Å². The highest BCUT2D eigenvalue weighted by molar-refractivity contribution is 5.94. The number of carbonyl (C=O) groups excluding carboxylic acids is 1. The predicted molar refractivity (Wildman–Crippen MR) is 80.5 cm³/mol. The van der Waals surface area contributed by atoms with Gasteiger partial charge in [0.15, 0.2) is 0 Å². The van der Waals surface area contributed by atoms with Gasteiger partial charge >= 0.3 is 0 Å². The molecule has 5 heteroatoms. The average Bonchev–Trinajstić information content (AvgIpc) is 2.51. The van der Waals surface area contributed by atoms with E-state index in [1.807, 2.05) is 6.07 Å². The van der Waals surface area contributed by atoms with E-state index in [4.69, 9.17) is 0 Å². The maximum absolute atomic E-state index is 13.0. The Balaban J connectivity index is 1.93. The third-order valence-corrected chi connectivity index (χ3v) is 2.80. The number of amides is 1. The lowest BCUT2D eigenvalue weighted by Gasteiger charge is -2.07. The quantitative estimate of drug-likeness (QED) is 0.802. The summed E-state index contributed by atoms with van der Waals surface area (Å²) in [6, 6.07) is 9.74. The highest BCUT2D eigenvalue weighted by Gasteiger charge is 2.04. The number of carbonyl (C=O) groups is 1. The molecule has 1 aromatic heterocycles. The summed E-state index contributed by atoms with van der Waals surface area (Å²) in [5, 5.41) is 5.74. The van der Waals surface area contributed by atoms with Crippen LogP contribution < -0.4 is 10.6 Å². The molecule has 0 aliphatic carbocycles. The second-order valence-corrected chi connectivity index (χ2v) is 4.41. The first-order valence-corrected chi connectivity index (χ1v) is 6.52. The number of pyridine rings is 1.